The average molecular weight is 126 g/mol. The Bertz CT molecular complexity index is 107. The Labute approximate surface area is 56.0 Å². The summed E-state index contributed by atoms with van der Waals surface area (Å²) in [7, 11) is 0. The van der Waals surface area contributed by atoms with Crippen LogP contribution in [0.1, 0.15) is 6.92 Å². The van der Waals surface area contributed by atoms with Crippen molar-refractivity contribution in [3.63, 3.8) is 0 Å². The van der Waals surface area contributed by atoms with E-state index in [9.17, 15) is 4.79 Å². The Balaban J connectivity index is 3.27. The van der Waals surface area contributed by atoms with Crippen molar-refractivity contribution in [1.29, 1.82) is 0 Å². The Morgan fingerprint density at radius 2 is 2.44 bits per heavy atom. The van der Waals surface area contributed by atoms with E-state index in [1.165, 1.54) is 0 Å². The first-order valence-corrected chi connectivity index (χ1v) is 2.88. The average Bonchev–Trinajstić information content (AvgIpc) is 1.83. The smallest absolute Gasteiger partial charge is 0.165 e. The molecule has 9 heavy (non-hydrogen) atoms. The van der Waals surface area contributed by atoms with E-state index in [0.717, 1.165) is 0 Å². The Hall–Kier alpha value is -0.790. The molecule has 0 saturated carbocycles. The highest BCUT2D eigenvalue weighted by Crippen LogP contribution is 1.87. The first kappa shape index (κ1) is 8.21. The van der Waals surface area contributed by atoms with Crippen LogP contribution >= 0.6 is 0 Å². The van der Waals surface area contributed by atoms with Gasteiger partial charge in [-0.2, -0.15) is 0 Å². The minimum atomic E-state index is 0.307. The molecule has 0 amide bonds. The number of hydrogen-bond donors (Lipinski definition) is 1. The molecule has 0 aliphatic heterocycles. The third-order valence-electron chi connectivity index (χ3n) is 0.820. The molecule has 0 aliphatic rings. The fourth-order valence-corrected chi connectivity index (χ4v) is 0.347. The molecule has 0 saturated heterocycles. The molecule has 1 atom stereocenters. The number of allylic oxidation sites excluding steroid dienone is 1. The van der Waals surface area contributed by atoms with Crippen molar-refractivity contribution in [2.45, 2.75) is 6.92 Å². The van der Waals surface area contributed by atoms with E-state index in [-0.39, 0.29) is 0 Å². The van der Waals surface area contributed by atoms with Crippen LogP contribution < -0.4 is 5.32 Å². The van der Waals surface area contributed by atoms with Crippen LogP contribution in [0.3, 0.4) is 0 Å². The van der Waals surface area contributed by atoms with Crippen LogP contribution in [0.5, 0.6) is 0 Å². The maximum atomic E-state index is 9.93. The predicted molar refractivity (Wildman–Crippen MR) is 37.7 cm³/mol. The van der Waals surface area contributed by atoms with Gasteiger partial charge in [-0.05, 0) is 12.8 Å². The standard InChI is InChI=1S/C7H12NO/c1-6(2)4-8-7(3)5-9/h5-6,8H,1,3-4H2,2H3. The molecule has 0 fully saturated rings. The summed E-state index contributed by atoms with van der Waals surface area (Å²) in [6.07, 6.45) is 0.697. The number of nitrogens with one attached hydrogen (secondary N) is 1. The molecule has 51 valence electrons. The highest BCUT2D eigenvalue weighted by atomic mass is 16.1. The fourth-order valence-electron chi connectivity index (χ4n) is 0.347. The summed E-state index contributed by atoms with van der Waals surface area (Å²) < 4.78 is 0. The Kier molecular flexibility index (Phi) is 3.76. The number of rotatable bonds is 4. The van der Waals surface area contributed by atoms with Gasteiger partial charge in [-0.3, -0.25) is 4.79 Å². The predicted octanol–water partition coefficient (Wildman–Crippen LogP) is 0.759. The summed E-state index contributed by atoms with van der Waals surface area (Å²) in [4.78, 5) is 9.93. The summed E-state index contributed by atoms with van der Waals surface area (Å²) >= 11 is 0. The van der Waals surface area contributed by atoms with Crippen LogP contribution in [-0.2, 0) is 4.79 Å². The van der Waals surface area contributed by atoms with Gasteiger partial charge in [-0.15, -0.1) is 0 Å². The minimum absolute atomic E-state index is 0.307. The number of carbonyl (C=O) groups excluding carboxylic acids is 1. The number of aldehydes is 1. The lowest BCUT2D eigenvalue weighted by molar-refractivity contribution is -0.105. The molecule has 1 radical (unpaired) electrons. The summed E-state index contributed by atoms with van der Waals surface area (Å²) in [5, 5.41) is 2.81. The van der Waals surface area contributed by atoms with Crippen LogP contribution in [0.25, 0.3) is 0 Å². The van der Waals surface area contributed by atoms with Gasteiger partial charge in [0.05, 0.1) is 5.70 Å². The molecule has 2 nitrogen and oxygen atoms in total. The molecule has 0 aromatic carbocycles. The second-order valence-corrected chi connectivity index (χ2v) is 2.13. The molecule has 0 spiro atoms. The fraction of sp³-hybridized carbons (Fsp3) is 0.429. The SMILES string of the molecule is [CH2]C(C)CNC(=C)C=O. The maximum Gasteiger partial charge on any atom is 0.165 e. The van der Waals surface area contributed by atoms with E-state index in [2.05, 4.69) is 18.8 Å². The monoisotopic (exact) mass is 126 g/mol. The van der Waals surface area contributed by atoms with Gasteiger partial charge in [-0.25, -0.2) is 0 Å². The molecule has 1 unspecified atom stereocenters. The zero-order valence-corrected chi connectivity index (χ0v) is 5.68. The van der Waals surface area contributed by atoms with Crippen LogP contribution in [0.4, 0.5) is 0 Å². The molecular formula is C7H12NO. The van der Waals surface area contributed by atoms with Crippen molar-refractivity contribution < 1.29 is 4.79 Å². The second kappa shape index (κ2) is 4.13. The van der Waals surface area contributed by atoms with E-state index >= 15 is 0 Å². The van der Waals surface area contributed by atoms with Crippen molar-refractivity contribution in [1.82, 2.24) is 5.32 Å². The van der Waals surface area contributed by atoms with E-state index in [1.807, 2.05) is 6.92 Å². The molecule has 0 heterocycles. The van der Waals surface area contributed by atoms with Gasteiger partial charge in [0.25, 0.3) is 0 Å². The third kappa shape index (κ3) is 5.07. The summed E-state index contributed by atoms with van der Waals surface area (Å²) in [5.74, 6) is 0.307. The van der Waals surface area contributed by atoms with Gasteiger partial charge in [0.2, 0.25) is 0 Å². The molecular weight excluding hydrogens is 114 g/mol. The van der Waals surface area contributed by atoms with E-state index in [1.54, 1.807) is 0 Å². The minimum Gasteiger partial charge on any atom is -0.383 e. The van der Waals surface area contributed by atoms with Crippen molar-refractivity contribution in [3.8, 4) is 0 Å². The van der Waals surface area contributed by atoms with Crippen molar-refractivity contribution in [2.75, 3.05) is 6.54 Å². The quantitative estimate of drug-likeness (QED) is 0.445. The Morgan fingerprint density at radius 1 is 1.89 bits per heavy atom. The molecule has 0 bridgehead atoms. The summed E-state index contributed by atoms with van der Waals surface area (Å²) in [6, 6.07) is 0. The Morgan fingerprint density at radius 3 is 2.78 bits per heavy atom. The van der Waals surface area contributed by atoms with Crippen LogP contribution in [0.15, 0.2) is 12.3 Å². The zero-order valence-electron chi connectivity index (χ0n) is 5.68. The molecule has 0 aromatic rings. The number of hydrogen-bond acceptors (Lipinski definition) is 2. The molecule has 0 aromatic heterocycles. The third-order valence-corrected chi connectivity index (χ3v) is 0.820. The van der Waals surface area contributed by atoms with Gasteiger partial charge in [0.1, 0.15) is 0 Å². The topological polar surface area (TPSA) is 29.1 Å². The largest absolute Gasteiger partial charge is 0.383 e. The first-order valence-electron chi connectivity index (χ1n) is 2.88. The van der Waals surface area contributed by atoms with Gasteiger partial charge in [0.15, 0.2) is 6.29 Å². The van der Waals surface area contributed by atoms with Gasteiger partial charge >= 0.3 is 0 Å². The lowest BCUT2D eigenvalue weighted by atomic mass is 10.2. The van der Waals surface area contributed by atoms with Crippen molar-refractivity contribution in [3.05, 3.63) is 19.2 Å². The van der Waals surface area contributed by atoms with Crippen LogP contribution in [-0.4, -0.2) is 12.8 Å². The molecule has 0 aliphatic carbocycles. The molecule has 0 rings (SSSR count). The van der Waals surface area contributed by atoms with E-state index in [4.69, 9.17) is 0 Å². The van der Waals surface area contributed by atoms with E-state index < -0.39 is 0 Å². The van der Waals surface area contributed by atoms with Gasteiger partial charge in [-0.1, -0.05) is 13.5 Å². The maximum absolute atomic E-state index is 9.93. The van der Waals surface area contributed by atoms with Gasteiger partial charge < -0.3 is 5.32 Å². The van der Waals surface area contributed by atoms with Crippen molar-refractivity contribution in [2.24, 2.45) is 5.92 Å². The van der Waals surface area contributed by atoms with Crippen LogP contribution in [0, 0.1) is 12.8 Å². The molecule has 2 heteroatoms. The van der Waals surface area contributed by atoms with E-state index in [0.29, 0.717) is 24.4 Å². The van der Waals surface area contributed by atoms with Crippen molar-refractivity contribution >= 4 is 6.29 Å². The van der Waals surface area contributed by atoms with Crippen LogP contribution in [0.2, 0.25) is 0 Å². The highest BCUT2D eigenvalue weighted by Gasteiger charge is 1.92. The number of carbonyl (C=O) groups is 1. The highest BCUT2D eigenvalue weighted by molar-refractivity contribution is 5.70. The lowest BCUT2D eigenvalue weighted by Gasteiger charge is -2.05. The van der Waals surface area contributed by atoms with Gasteiger partial charge in [0, 0.05) is 6.54 Å². The normalized spacial score (nSPS) is 9.22. The molecule has 1 N–H and O–H groups in total. The first-order chi connectivity index (χ1) is 4.16. The lowest BCUT2D eigenvalue weighted by Crippen LogP contribution is -2.18. The zero-order chi connectivity index (χ0) is 7.28. The summed E-state index contributed by atoms with van der Waals surface area (Å²) in [5.41, 5.74) is 0.422. The summed E-state index contributed by atoms with van der Waals surface area (Å²) in [6.45, 7) is 9.83. The second-order valence-electron chi connectivity index (χ2n) is 2.13.